The Hall–Kier alpha value is -0.693. The van der Waals surface area contributed by atoms with Gasteiger partial charge in [-0.15, -0.1) is 0 Å². The van der Waals surface area contributed by atoms with Gasteiger partial charge < -0.3 is 18.6 Å². The Bertz CT molecular complexity index is 532. The van der Waals surface area contributed by atoms with Crippen molar-refractivity contribution in [2.24, 2.45) is 11.3 Å². The average Bonchev–Trinajstić information content (AvgIpc) is 2.96. The molecule has 2 aliphatic heterocycles. The summed E-state index contributed by atoms with van der Waals surface area (Å²) < 4.78 is 24.0. The van der Waals surface area contributed by atoms with Crippen molar-refractivity contribution in [1.82, 2.24) is 0 Å². The summed E-state index contributed by atoms with van der Waals surface area (Å²) in [5.41, 5.74) is 0.377. The Morgan fingerprint density at radius 3 is 2.68 bits per heavy atom. The van der Waals surface area contributed by atoms with E-state index in [-0.39, 0.29) is 29.7 Å². The van der Waals surface area contributed by atoms with Crippen LogP contribution in [-0.2, 0) is 23.4 Å². The van der Waals surface area contributed by atoms with Crippen LogP contribution in [0.15, 0.2) is 11.6 Å². The highest BCUT2D eigenvalue weighted by Crippen LogP contribution is 2.54. The van der Waals surface area contributed by atoms with Crippen molar-refractivity contribution in [2.45, 2.75) is 77.5 Å². The van der Waals surface area contributed by atoms with Crippen LogP contribution in [0.1, 0.15) is 46.5 Å². The molecule has 1 aliphatic carbocycles. The minimum atomic E-state index is -1.21. The Morgan fingerprint density at radius 2 is 2.08 bits per heavy atom. The van der Waals surface area contributed by atoms with Gasteiger partial charge in [-0.05, 0) is 43.3 Å². The number of carbonyl (C=O) groups excluding carboxylic acids is 1. The molecule has 4 atom stereocenters. The summed E-state index contributed by atoms with van der Waals surface area (Å²) in [7, 11) is -1.21. The van der Waals surface area contributed by atoms with Gasteiger partial charge in [0.05, 0.1) is 12.7 Å². The molecule has 1 saturated carbocycles. The maximum Gasteiger partial charge on any atom is 0.331 e. The molecule has 0 N–H and O–H groups in total. The van der Waals surface area contributed by atoms with Crippen LogP contribution in [-0.4, -0.2) is 46.2 Å². The topological polar surface area (TPSA) is 54.0 Å². The van der Waals surface area contributed by atoms with Gasteiger partial charge in [-0.1, -0.05) is 20.8 Å². The van der Waals surface area contributed by atoms with Gasteiger partial charge >= 0.3 is 5.97 Å². The second-order valence-corrected chi connectivity index (χ2v) is 11.3. The first-order valence-corrected chi connectivity index (χ1v) is 12.3. The third-order valence-corrected chi connectivity index (χ3v) is 6.21. The highest BCUT2D eigenvalue weighted by Gasteiger charge is 2.59. The minimum absolute atomic E-state index is 0.0140. The van der Waals surface area contributed by atoms with Crippen LogP contribution in [0.3, 0.4) is 0 Å². The highest BCUT2D eigenvalue weighted by molar-refractivity contribution is 6.48. The second-order valence-electron chi connectivity index (χ2n) is 8.89. The van der Waals surface area contributed by atoms with Crippen molar-refractivity contribution in [3.05, 3.63) is 11.6 Å². The molecule has 1 saturated heterocycles. The lowest BCUT2D eigenvalue weighted by Crippen LogP contribution is -2.38. The monoisotopic (exact) mass is 368 g/mol. The Kier molecular flexibility index (Phi) is 5.45. The van der Waals surface area contributed by atoms with Gasteiger partial charge in [-0.3, -0.25) is 0 Å². The van der Waals surface area contributed by atoms with E-state index in [1.807, 2.05) is 0 Å². The molecule has 25 heavy (non-hydrogen) atoms. The largest absolute Gasteiger partial charge is 0.449 e. The summed E-state index contributed by atoms with van der Waals surface area (Å²) in [6, 6.07) is 0. The lowest BCUT2D eigenvalue weighted by Gasteiger charge is -2.35. The number of hydrogen-bond acceptors (Lipinski definition) is 5. The molecule has 0 amide bonds. The van der Waals surface area contributed by atoms with Crippen molar-refractivity contribution in [3.63, 3.8) is 0 Å². The van der Waals surface area contributed by atoms with Gasteiger partial charge in [-0.2, -0.15) is 0 Å². The predicted octanol–water partition coefficient (Wildman–Crippen LogP) is 3.19. The maximum atomic E-state index is 12.1. The number of esters is 1. The Labute approximate surface area is 152 Å². The standard InChI is InChI=1S/C19H32O5Si/c1-18(2,3)17-13-10-15(20)24-19(13,12-22-25(4)5)11-14(17)23-16-8-6-7-9-21-16/h10,14,16-17,25H,6-9,11-12H2,1-5H3/t14-,16?,17+,19-/m1/s1. The summed E-state index contributed by atoms with van der Waals surface area (Å²) in [4.78, 5) is 12.1. The van der Waals surface area contributed by atoms with Gasteiger partial charge in [0.15, 0.2) is 20.9 Å². The molecule has 3 rings (SSSR count). The molecule has 0 bridgehead atoms. The molecule has 5 nitrogen and oxygen atoms in total. The molecular weight excluding hydrogens is 336 g/mol. The minimum Gasteiger partial charge on any atom is -0.449 e. The van der Waals surface area contributed by atoms with Crippen LogP contribution in [0, 0.1) is 11.3 Å². The molecule has 0 spiro atoms. The van der Waals surface area contributed by atoms with E-state index in [4.69, 9.17) is 18.6 Å². The van der Waals surface area contributed by atoms with E-state index in [0.717, 1.165) is 31.4 Å². The van der Waals surface area contributed by atoms with Crippen molar-refractivity contribution in [3.8, 4) is 0 Å². The number of fused-ring (bicyclic) bond motifs is 1. The predicted molar refractivity (Wildman–Crippen MR) is 97.8 cm³/mol. The van der Waals surface area contributed by atoms with Crippen molar-refractivity contribution in [2.75, 3.05) is 13.2 Å². The summed E-state index contributed by atoms with van der Waals surface area (Å²) >= 11 is 0. The number of rotatable bonds is 5. The summed E-state index contributed by atoms with van der Waals surface area (Å²) in [6.07, 6.45) is 5.37. The number of ether oxygens (including phenoxy) is 3. The summed E-state index contributed by atoms with van der Waals surface area (Å²) in [5, 5.41) is 0. The van der Waals surface area contributed by atoms with Gasteiger partial charge in [0.2, 0.25) is 0 Å². The van der Waals surface area contributed by atoms with Crippen LogP contribution in [0.5, 0.6) is 0 Å². The fourth-order valence-electron chi connectivity index (χ4n) is 4.35. The smallest absolute Gasteiger partial charge is 0.331 e. The van der Waals surface area contributed by atoms with E-state index < -0.39 is 14.6 Å². The first-order chi connectivity index (χ1) is 11.7. The van der Waals surface area contributed by atoms with Gasteiger partial charge in [-0.25, -0.2) is 4.79 Å². The zero-order chi connectivity index (χ0) is 18.2. The number of carbonyl (C=O) groups is 1. The molecule has 0 radical (unpaired) electrons. The molecule has 6 heteroatoms. The van der Waals surface area contributed by atoms with Crippen molar-refractivity contribution >= 4 is 15.0 Å². The average molecular weight is 369 g/mol. The SMILES string of the molecule is C[SiH](C)OC[C@]12C[C@@H](OC3CCCCO3)[C@@H](C(C)(C)C)C1=CC(=O)O2. The maximum absolute atomic E-state index is 12.1. The van der Waals surface area contributed by atoms with Crippen LogP contribution >= 0.6 is 0 Å². The first-order valence-electron chi connectivity index (χ1n) is 9.55. The Morgan fingerprint density at radius 1 is 1.32 bits per heavy atom. The quantitative estimate of drug-likeness (QED) is 0.551. The molecule has 0 aromatic heterocycles. The summed E-state index contributed by atoms with van der Waals surface area (Å²) in [5.74, 6) is -0.118. The Balaban J connectivity index is 1.85. The molecule has 142 valence electrons. The first kappa shape index (κ1) is 19.1. The zero-order valence-corrected chi connectivity index (χ0v) is 17.3. The van der Waals surface area contributed by atoms with Crippen LogP contribution in [0.2, 0.25) is 13.1 Å². The molecular formula is C19H32O5Si. The summed E-state index contributed by atoms with van der Waals surface area (Å²) in [6.45, 7) is 12.1. The van der Waals surface area contributed by atoms with E-state index >= 15 is 0 Å². The molecule has 2 fully saturated rings. The fraction of sp³-hybridized carbons (Fsp3) is 0.842. The van der Waals surface area contributed by atoms with E-state index in [2.05, 4.69) is 33.9 Å². The van der Waals surface area contributed by atoms with Crippen LogP contribution < -0.4 is 0 Å². The van der Waals surface area contributed by atoms with Gasteiger partial charge in [0.25, 0.3) is 0 Å². The lowest BCUT2D eigenvalue weighted by atomic mass is 9.75. The van der Waals surface area contributed by atoms with E-state index in [0.29, 0.717) is 13.0 Å². The molecule has 0 aromatic rings. The van der Waals surface area contributed by atoms with E-state index in [1.54, 1.807) is 6.08 Å². The normalized spacial score (nSPS) is 35.7. The number of hydrogen-bond donors (Lipinski definition) is 0. The van der Waals surface area contributed by atoms with E-state index in [9.17, 15) is 4.79 Å². The third-order valence-electron chi connectivity index (χ3n) is 5.38. The zero-order valence-electron chi connectivity index (χ0n) is 16.2. The molecule has 1 unspecified atom stereocenters. The third kappa shape index (κ3) is 4.02. The van der Waals surface area contributed by atoms with Gasteiger partial charge in [0.1, 0.15) is 0 Å². The van der Waals surface area contributed by atoms with E-state index in [1.165, 1.54) is 0 Å². The van der Waals surface area contributed by atoms with Crippen molar-refractivity contribution in [1.29, 1.82) is 0 Å². The molecule has 2 heterocycles. The van der Waals surface area contributed by atoms with Crippen molar-refractivity contribution < 1.29 is 23.4 Å². The second kappa shape index (κ2) is 7.14. The van der Waals surface area contributed by atoms with Gasteiger partial charge in [0, 0.05) is 25.0 Å². The fourth-order valence-corrected chi connectivity index (χ4v) is 4.96. The lowest BCUT2D eigenvalue weighted by molar-refractivity contribution is -0.202. The van der Waals surface area contributed by atoms with Crippen LogP contribution in [0.4, 0.5) is 0 Å². The molecule has 0 aromatic carbocycles. The van der Waals surface area contributed by atoms with Crippen LogP contribution in [0.25, 0.3) is 0 Å². The highest BCUT2D eigenvalue weighted by atomic mass is 28.3. The molecule has 3 aliphatic rings.